The van der Waals surface area contributed by atoms with Crippen LogP contribution in [0.3, 0.4) is 0 Å². The Morgan fingerprint density at radius 2 is 1.88 bits per heavy atom. The Bertz CT molecular complexity index is 899. The third kappa shape index (κ3) is 3.39. The lowest BCUT2D eigenvalue weighted by atomic mass is 10.2. The second-order valence-corrected chi connectivity index (χ2v) is 6.36. The van der Waals surface area contributed by atoms with E-state index in [0.717, 1.165) is 44.1 Å². The molecule has 1 saturated heterocycles. The van der Waals surface area contributed by atoms with Gasteiger partial charge in [-0.1, -0.05) is 25.1 Å². The van der Waals surface area contributed by atoms with Gasteiger partial charge in [-0.3, -0.25) is 10.1 Å². The Morgan fingerprint density at radius 1 is 1.12 bits per heavy atom. The van der Waals surface area contributed by atoms with Gasteiger partial charge >= 0.3 is 0 Å². The van der Waals surface area contributed by atoms with Crippen molar-refractivity contribution in [2.45, 2.75) is 6.92 Å². The van der Waals surface area contributed by atoms with Crippen LogP contribution >= 0.6 is 0 Å². The van der Waals surface area contributed by atoms with E-state index in [1.54, 1.807) is 16.6 Å². The number of amides is 1. The number of nitrogens with zero attached hydrogens (tertiary/aromatic N) is 5. The summed E-state index contributed by atoms with van der Waals surface area (Å²) in [4.78, 5) is 21.5. The van der Waals surface area contributed by atoms with Gasteiger partial charge in [0.25, 0.3) is 5.91 Å². The summed E-state index contributed by atoms with van der Waals surface area (Å²) in [6.07, 6.45) is 1.89. The van der Waals surface area contributed by atoms with Crippen molar-refractivity contribution in [3.05, 3.63) is 54.2 Å². The fourth-order valence-electron chi connectivity index (χ4n) is 3.21. The summed E-state index contributed by atoms with van der Waals surface area (Å²) in [7, 11) is 0. The summed E-state index contributed by atoms with van der Waals surface area (Å²) in [5, 5.41) is 7.09. The van der Waals surface area contributed by atoms with Gasteiger partial charge in [-0.15, -0.1) is 5.10 Å². The molecule has 26 heavy (non-hydrogen) atoms. The lowest BCUT2D eigenvalue weighted by molar-refractivity contribution is 0.102. The summed E-state index contributed by atoms with van der Waals surface area (Å²) < 4.78 is 1.69. The minimum absolute atomic E-state index is 0.211. The number of carbonyl (C=O) groups excluding carboxylic acids is 1. The number of likely N-dealkylation sites (N-methyl/N-ethyl adjacent to an activating group) is 1. The number of hydrogen-bond donors (Lipinski definition) is 1. The Balaban J connectivity index is 1.50. The topological polar surface area (TPSA) is 65.8 Å². The number of nitrogens with one attached hydrogen (secondary N) is 1. The van der Waals surface area contributed by atoms with Crippen LogP contribution in [-0.2, 0) is 0 Å². The minimum Gasteiger partial charge on any atom is -0.369 e. The molecule has 0 aliphatic carbocycles. The Kier molecular flexibility index (Phi) is 4.53. The van der Waals surface area contributed by atoms with Gasteiger partial charge in [0.2, 0.25) is 5.95 Å². The van der Waals surface area contributed by atoms with E-state index in [9.17, 15) is 4.79 Å². The fourth-order valence-corrected chi connectivity index (χ4v) is 3.21. The van der Waals surface area contributed by atoms with E-state index in [1.807, 2.05) is 36.5 Å². The molecule has 0 unspecified atom stereocenters. The lowest BCUT2D eigenvalue weighted by Crippen LogP contribution is -2.46. The van der Waals surface area contributed by atoms with Crippen LogP contribution in [0.5, 0.6) is 0 Å². The van der Waals surface area contributed by atoms with Crippen molar-refractivity contribution >= 4 is 23.2 Å². The van der Waals surface area contributed by atoms with Crippen molar-refractivity contribution in [1.82, 2.24) is 19.5 Å². The van der Waals surface area contributed by atoms with Crippen LogP contribution in [-0.4, -0.2) is 58.1 Å². The number of aromatic nitrogens is 3. The number of rotatable bonds is 4. The van der Waals surface area contributed by atoms with Crippen molar-refractivity contribution in [2.24, 2.45) is 0 Å². The highest BCUT2D eigenvalue weighted by Gasteiger charge is 2.17. The van der Waals surface area contributed by atoms with Gasteiger partial charge in [0.1, 0.15) is 0 Å². The smallest absolute Gasteiger partial charge is 0.258 e. The molecule has 1 aliphatic heterocycles. The zero-order valence-electron chi connectivity index (χ0n) is 14.8. The van der Waals surface area contributed by atoms with Gasteiger partial charge < -0.3 is 9.80 Å². The average Bonchev–Trinajstić information content (AvgIpc) is 3.10. The zero-order valence-corrected chi connectivity index (χ0v) is 14.8. The molecule has 0 bridgehead atoms. The highest BCUT2D eigenvalue weighted by atomic mass is 16.1. The Labute approximate surface area is 152 Å². The van der Waals surface area contributed by atoms with Crippen LogP contribution in [0.4, 0.5) is 11.6 Å². The number of pyridine rings is 1. The van der Waals surface area contributed by atoms with Crippen LogP contribution < -0.4 is 10.2 Å². The first kappa shape index (κ1) is 16.5. The molecule has 0 saturated carbocycles. The molecule has 1 fully saturated rings. The molecule has 1 amide bonds. The molecule has 1 aromatic carbocycles. The first-order chi connectivity index (χ1) is 12.7. The molecule has 134 valence electrons. The van der Waals surface area contributed by atoms with E-state index in [0.29, 0.717) is 11.5 Å². The van der Waals surface area contributed by atoms with E-state index in [-0.39, 0.29) is 5.91 Å². The summed E-state index contributed by atoms with van der Waals surface area (Å²) in [6.45, 7) is 7.47. The van der Waals surface area contributed by atoms with Crippen molar-refractivity contribution in [2.75, 3.05) is 42.9 Å². The Hall–Kier alpha value is -2.93. The van der Waals surface area contributed by atoms with Crippen LogP contribution in [0.15, 0.2) is 48.7 Å². The SMILES string of the molecule is CCN1CCN(c2ccn3nc(NC(=O)c4ccccc4)nc3c2)CC1. The normalized spacial score (nSPS) is 15.3. The van der Waals surface area contributed by atoms with Crippen LogP contribution in [0.2, 0.25) is 0 Å². The predicted molar refractivity (Wildman–Crippen MR) is 102 cm³/mol. The summed E-state index contributed by atoms with van der Waals surface area (Å²) in [5.74, 6) is 0.101. The summed E-state index contributed by atoms with van der Waals surface area (Å²) in [6, 6.07) is 13.1. The Morgan fingerprint density at radius 3 is 2.62 bits per heavy atom. The van der Waals surface area contributed by atoms with Gasteiger partial charge in [-0.05, 0) is 24.7 Å². The maximum Gasteiger partial charge on any atom is 0.258 e. The fraction of sp³-hybridized carbons (Fsp3) is 0.316. The van der Waals surface area contributed by atoms with Crippen LogP contribution in [0, 0.1) is 0 Å². The van der Waals surface area contributed by atoms with Crippen LogP contribution in [0.25, 0.3) is 5.65 Å². The van der Waals surface area contributed by atoms with Gasteiger partial charge in [-0.25, -0.2) is 4.52 Å². The molecule has 3 aromatic rings. The second kappa shape index (κ2) is 7.13. The van der Waals surface area contributed by atoms with Crippen molar-refractivity contribution in [3.8, 4) is 0 Å². The highest BCUT2D eigenvalue weighted by molar-refractivity contribution is 6.03. The van der Waals surface area contributed by atoms with E-state index in [4.69, 9.17) is 0 Å². The quantitative estimate of drug-likeness (QED) is 0.781. The predicted octanol–water partition coefficient (Wildman–Crippen LogP) is 2.12. The maximum atomic E-state index is 12.3. The average molecular weight is 350 g/mol. The lowest BCUT2D eigenvalue weighted by Gasteiger charge is -2.35. The highest BCUT2D eigenvalue weighted by Crippen LogP contribution is 2.19. The molecular weight excluding hydrogens is 328 g/mol. The molecule has 0 spiro atoms. The number of hydrogen-bond acceptors (Lipinski definition) is 5. The van der Waals surface area contributed by atoms with Gasteiger partial charge in [0.15, 0.2) is 5.65 Å². The first-order valence-electron chi connectivity index (χ1n) is 8.93. The van der Waals surface area contributed by atoms with Crippen LogP contribution in [0.1, 0.15) is 17.3 Å². The molecule has 7 heteroatoms. The number of fused-ring (bicyclic) bond motifs is 1. The standard InChI is InChI=1S/C19H22N6O/c1-2-23-10-12-24(13-11-23)16-8-9-25-17(14-16)20-19(22-25)21-18(26)15-6-4-3-5-7-15/h3-9,14H,2,10-13H2,1H3,(H,21,22,26). The van der Waals surface area contributed by atoms with Crippen molar-refractivity contribution in [3.63, 3.8) is 0 Å². The molecule has 2 aromatic heterocycles. The molecular formula is C19H22N6O. The molecule has 0 atom stereocenters. The second-order valence-electron chi connectivity index (χ2n) is 6.36. The molecule has 1 aliphatic rings. The maximum absolute atomic E-state index is 12.3. The van der Waals surface area contributed by atoms with E-state index < -0.39 is 0 Å². The van der Waals surface area contributed by atoms with Crippen molar-refractivity contribution < 1.29 is 4.79 Å². The molecule has 7 nitrogen and oxygen atoms in total. The van der Waals surface area contributed by atoms with Gasteiger partial charge in [0.05, 0.1) is 0 Å². The number of piperazine rings is 1. The summed E-state index contributed by atoms with van der Waals surface area (Å²) >= 11 is 0. The third-order valence-corrected chi connectivity index (χ3v) is 4.77. The number of carbonyl (C=O) groups is 1. The van der Waals surface area contributed by atoms with Crippen molar-refractivity contribution in [1.29, 1.82) is 0 Å². The molecule has 4 rings (SSSR count). The number of benzene rings is 1. The largest absolute Gasteiger partial charge is 0.369 e. The zero-order chi connectivity index (χ0) is 17.9. The minimum atomic E-state index is -0.211. The van der Waals surface area contributed by atoms with Gasteiger partial charge in [-0.2, -0.15) is 4.98 Å². The molecule has 0 radical (unpaired) electrons. The third-order valence-electron chi connectivity index (χ3n) is 4.77. The van der Waals surface area contributed by atoms with Gasteiger partial charge in [0, 0.05) is 49.7 Å². The van der Waals surface area contributed by atoms with E-state index in [1.165, 1.54) is 0 Å². The van der Waals surface area contributed by atoms with E-state index in [2.05, 4.69) is 32.1 Å². The van der Waals surface area contributed by atoms with E-state index >= 15 is 0 Å². The molecule has 1 N–H and O–H groups in total. The number of anilines is 2. The monoisotopic (exact) mass is 350 g/mol. The molecule has 3 heterocycles. The first-order valence-corrected chi connectivity index (χ1v) is 8.93. The summed E-state index contributed by atoms with van der Waals surface area (Å²) in [5.41, 5.74) is 2.45.